The molecule has 1 heterocycles. The average molecular weight is 258 g/mol. The largest absolute Gasteiger partial charge is 0.494 e. The lowest BCUT2D eigenvalue weighted by atomic mass is 10.0. The van der Waals surface area contributed by atoms with Crippen LogP contribution >= 0.6 is 0 Å². The molecule has 0 saturated carbocycles. The molecule has 0 fully saturated rings. The van der Waals surface area contributed by atoms with Crippen molar-refractivity contribution in [3.05, 3.63) is 35.5 Å². The lowest BCUT2D eigenvalue weighted by molar-refractivity contribution is 0.340. The maximum absolute atomic E-state index is 5.58. The molecule has 1 aromatic heterocycles. The van der Waals surface area contributed by atoms with Crippen LogP contribution < -0.4 is 10.5 Å². The Labute approximate surface area is 114 Å². The summed E-state index contributed by atoms with van der Waals surface area (Å²) in [4.78, 5) is 4.59. The molecular weight excluding hydrogens is 236 g/mol. The van der Waals surface area contributed by atoms with E-state index in [4.69, 9.17) is 10.5 Å². The third-order valence-corrected chi connectivity index (χ3v) is 3.21. The number of nitrogens with two attached hydrogens (primary N) is 1. The minimum atomic E-state index is 0.688. The summed E-state index contributed by atoms with van der Waals surface area (Å²) in [6, 6.07) is 8.30. The molecule has 3 heteroatoms. The molecule has 1 aromatic carbocycles. The Hall–Kier alpha value is -1.61. The number of pyridine rings is 1. The van der Waals surface area contributed by atoms with Crippen molar-refractivity contribution in [2.75, 3.05) is 13.2 Å². The molecule has 0 aliphatic carbocycles. The van der Waals surface area contributed by atoms with E-state index in [1.54, 1.807) is 0 Å². The molecule has 0 unspecified atom stereocenters. The predicted octanol–water partition coefficient (Wildman–Crippen LogP) is 3.22. The second-order valence-electron chi connectivity index (χ2n) is 4.78. The summed E-state index contributed by atoms with van der Waals surface area (Å²) in [6.07, 6.45) is 3.23. The van der Waals surface area contributed by atoms with Gasteiger partial charge in [-0.25, -0.2) is 0 Å². The summed E-state index contributed by atoms with van der Waals surface area (Å²) in [7, 11) is 0. The number of nitrogens with zero attached hydrogens (tertiary/aromatic N) is 1. The number of benzene rings is 1. The highest BCUT2D eigenvalue weighted by Crippen LogP contribution is 2.25. The molecule has 2 N–H and O–H groups in total. The van der Waals surface area contributed by atoms with E-state index < -0.39 is 0 Å². The Morgan fingerprint density at radius 3 is 2.79 bits per heavy atom. The summed E-state index contributed by atoms with van der Waals surface area (Å²) in [5.41, 5.74) is 9.03. The van der Waals surface area contributed by atoms with Gasteiger partial charge in [-0.05, 0) is 69.5 Å². The van der Waals surface area contributed by atoms with Gasteiger partial charge in [-0.1, -0.05) is 0 Å². The van der Waals surface area contributed by atoms with Crippen molar-refractivity contribution in [3.63, 3.8) is 0 Å². The quantitative estimate of drug-likeness (QED) is 0.809. The number of rotatable bonds is 6. The second-order valence-corrected chi connectivity index (χ2v) is 4.78. The number of unbranched alkanes of at least 4 members (excludes halogenated alkanes) is 1. The molecule has 2 rings (SSSR count). The number of aryl methyl sites for hydroxylation is 2. The summed E-state index contributed by atoms with van der Waals surface area (Å²) in [6.45, 7) is 5.49. The SMILES string of the molecule is CCOc1ccc2nc(C)cc(CCCCN)c2c1. The number of hydrogen-bond acceptors (Lipinski definition) is 3. The summed E-state index contributed by atoms with van der Waals surface area (Å²) in [5.74, 6) is 0.917. The van der Waals surface area contributed by atoms with Crippen molar-refractivity contribution in [3.8, 4) is 5.75 Å². The van der Waals surface area contributed by atoms with E-state index in [1.165, 1.54) is 10.9 Å². The molecule has 0 aliphatic heterocycles. The maximum Gasteiger partial charge on any atom is 0.120 e. The van der Waals surface area contributed by atoms with Gasteiger partial charge in [0.05, 0.1) is 12.1 Å². The average Bonchev–Trinajstić information content (AvgIpc) is 2.40. The van der Waals surface area contributed by atoms with E-state index in [0.29, 0.717) is 6.61 Å². The second kappa shape index (κ2) is 6.53. The van der Waals surface area contributed by atoms with Crippen molar-refractivity contribution >= 4 is 10.9 Å². The van der Waals surface area contributed by atoms with Gasteiger partial charge in [-0.2, -0.15) is 0 Å². The molecule has 19 heavy (non-hydrogen) atoms. The fourth-order valence-corrected chi connectivity index (χ4v) is 2.35. The fraction of sp³-hybridized carbons (Fsp3) is 0.438. The van der Waals surface area contributed by atoms with Gasteiger partial charge in [0, 0.05) is 11.1 Å². The van der Waals surface area contributed by atoms with Crippen LogP contribution in [-0.2, 0) is 6.42 Å². The Balaban J connectivity index is 2.37. The van der Waals surface area contributed by atoms with Crippen molar-refractivity contribution < 1.29 is 4.74 Å². The third kappa shape index (κ3) is 3.44. The van der Waals surface area contributed by atoms with Crippen LogP contribution in [0.2, 0.25) is 0 Å². The van der Waals surface area contributed by atoms with E-state index in [9.17, 15) is 0 Å². The molecule has 0 spiro atoms. The third-order valence-electron chi connectivity index (χ3n) is 3.21. The van der Waals surface area contributed by atoms with E-state index in [1.807, 2.05) is 26.0 Å². The molecule has 0 saturated heterocycles. The monoisotopic (exact) mass is 258 g/mol. The first-order chi connectivity index (χ1) is 9.24. The lowest BCUT2D eigenvalue weighted by Gasteiger charge is -2.10. The van der Waals surface area contributed by atoms with Crippen molar-refractivity contribution in [1.29, 1.82) is 0 Å². The first kappa shape index (κ1) is 13.8. The van der Waals surface area contributed by atoms with Gasteiger partial charge in [0.15, 0.2) is 0 Å². The summed E-state index contributed by atoms with van der Waals surface area (Å²) < 4.78 is 5.58. The molecule has 0 amide bonds. The molecule has 0 aliphatic rings. The molecule has 3 nitrogen and oxygen atoms in total. The van der Waals surface area contributed by atoms with Crippen molar-refractivity contribution in [2.24, 2.45) is 5.73 Å². The molecule has 0 radical (unpaired) electrons. The predicted molar refractivity (Wildman–Crippen MR) is 79.6 cm³/mol. The van der Waals surface area contributed by atoms with Gasteiger partial charge in [-0.3, -0.25) is 4.98 Å². The van der Waals surface area contributed by atoms with Crippen LogP contribution in [0.25, 0.3) is 10.9 Å². The van der Waals surface area contributed by atoms with Crippen LogP contribution in [0.15, 0.2) is 24.3 Å². The van der Waals surface area contributed by atoms with E-state index in [2.05, 4.69) is 17.1 Å². The molecule has 2 aromatic rings. The van der Waals surface area contributed by atoms with Crippen LogP contribution in [0.3, 0.4) is 0 Å². The van der Waals surface area contributed by atoms with Crippen LogP contribution in [0, 0.1) is 6.92 Å². The standard InChI is InChI=1S/C16H22N2O/c1-3-19-14-7-8-16-15(11-14)13(6-4-5-9-17)10-12(2)18-16/h7-8,10-11H,3-6,9,17H2,1-2H3. The normalized spacial score (nSPS) is 10.9. The Kier molecular flexibility index (Phi) is 4.74. The van der Waals surface area contributed by atoms with Crippen LogP contribution in [-0.4, -0.2) is 18.1 Å². The molecular formula is C16H22N2O. The van der Waals surface area contributed by atoms with Gasteiger partial charge in [0.25, 0.3) is 0 Å². The molecule has 0 bridgehead atoms. The molecule has 0 atom stereocenters. The minimum Gasteiger partial charge on any atom is -0.494 e. The first-order valence-electron chi connectivity index (χ1n) is 6.97. The van der Waals surface area contributed by atoms with E-state index >= 15 is 0 Å². The fourth-order valence-electron chi connectivity index (χ4n) is 2.35. The van der Waals surface area contributed by atoms with Crippen molar-refractivity contribution in [1.82, 2.24) is 4.98 Å². The Morgan fingerprint density at radius 1 is 1.21 bits per heavy atom. The number of ether oxygens (including phenoxy) is 1. The zero-order valence-corrected chi connectivity index (χ0v) is 11.8. The first-order valence-corrected chi connectivity index (χ1v) is 6.97. The number of hydrogen-bond donors (Lipinski definition) is 1. The highest BCUT2D eigenvalue weighted by molar-refractivity contribution is 5.83. The summed E-state index contributed by atoms with van der Waals surface area (Å²) in [5, 5.41) is 1.20. The van der Waals surface area contributed by atoms with Gasteiger partial charge in [0.2, 0.25) is 0 Å². The Morgan fingerprint density at radius 2 is 2.05 bits per heavy atom. The van der Waals surface area contributed by atoms with E-state index in [0.717, 1.165) is 42.8 Å². The topological polar surface area (TPSA) is 48.1 Å². The van der Waals surface area contributed by atoms with E-state index in [-0.39, 0.29) is 0 Å². The number of aromatic nitrogens is 1. The Bertz CT molecular complexity index is 552. The minimum absolute atomic E-state index is 0.688. The van der Waals surface area contributed by atoms with Gasteiger partial charge in [0.1, 0.15) is 5.75 Å². The van der Waals surface area contributed by atoms with Crippen LogP contribution in [0.5, 0.6) is 5.75 Å². The molecule has 102 valence electrons. The van der Waals surface area contributed by atoms with Crippen LogP contribution in [0.4, 0.5) is 0 Å². The highest BCUT2D eigenvalue weighted by Gasteiger charge is 2.06. The van der Waals surface area contributed by atoms with Gasteiger partial charge < -0.3 is 10.5 Å². The highest BCUT2D eigenvalue weighted by atomic mass is 16.5. The van der Waals surface area contributed by atoms with Gasteiger partial charge in [-0.15, -0.1) is 0 Å². The van der Waals surface area contributed by atoms with Crippen LogP contribution in [0.1, 0.15) is 31.0 Å². The number of fused-ring (bicyclic) bond motifs is 1. The summed E-state index contributed by atoms with van der Waals surface area (Å²) >= 11 is 0. The maximum atomic E-state index is 5.58. The lowest BCUT2D eigenvalue weighted by Crippen LogP contribution is -2.00. The zero-order chi connectivity index (χ0) is 13.7. The van der Waals surface area contributed by atoms with Gasteiger partial charge >= 0.3 is 0 Å². The zero-order valence-electron chi connectivity index (χ0n) is 11.8. The van der Waals surface area contributed by atoms with Crippen molar-refractivity contribution in [2.45, 2.75) is 33.1 Å². The smallest absolute Gasteiger partial charge is 0.120 e.